The molecule has 0 saturated carbocycles. The number of aromatic nitrogens is 2. The molecular formula is C9H14F2N2. The highest BCUT2D eigenvalue weighted by Gasteiger charge is 2.18. The van der Waals surface area contributed by atoms with E-state index in [1.807, 2.05) is 13.8 Å². The molecule has 0 amide bonds. The fraction of sp³-hybridized carbons (Fsp3) is 0.667. The van der Waals surface area contributed by atoms with Crippen molar-refractivity contribution in [2.75, 3.05) is 0 Å². The average Bonchev–Trinajstić information content (AvgIpc) is 2.26. The first-order chi connectivity index (χ1) is 5.95. The second kappa shape index (κ2) is 3.44. The predicted molar refractivity (Wildman–Crippen MR) is 47.0 cm³/mol. The monoisotopic (exact) mass is 188 g/mol. The number of halogens is 2. The Balaban J connectivity index is 3.22. The summed E-state index contributed by atoms with van der Waals surface area (Å²) in [5.41, 5.74) is 2.20. The molecule has 0 bridgehead atoms. The Labute approximate surface area is 76.6 Å². The zero-order valence-electron chi connectivity index (χ0n) is 8.31. The maximum Gasteiger partial charge on any atom is 0.333 e. The van der Waals surface area contributed by atoms with Crippen LogP contribution in [0.1, 0.15) is 43.3 Å². The van der Waals surface area contributed by atoms with E-state index in [0.717, 1.165) is 10.2 Å². The van der Waals surface area contributed by atoms with E-state index in [0.29, 0.717) is 11.4 Å². The standard InChI is InChI=1S/C9H14F2N2/c1-5(2)8-6(3)12-13(7(8)4)9(10)11/h5,9H,1-4H3. The van der Waals surface area contributed by atoms with E-state index in [1.54, 1.807) is 13.8 Å². The van der Waals surface area contributed by atoms with Gasteiger partial charge in [0.05, 0.1) is 5.69 Å². The van der Waals surface area contributed by atoms with Crippen LogP contribution in [0.25, 0.3) is 0 Å². The summed E-state index contributed by atoms with van der Waals surface area (Å²) in [6.07, 6.45) is 0. The largest absolute Gasteiger partial charge is 0.333 e. The van der Waals surface area contributed by atoms with E-state index < -0.39 is 6.55 Å². The van der Waals surface area contributed by atoms with Gasteiger partial charge in [0.2, 0.25) is 0 Å². The minimum Gasteiger partial charge on any atom is -0.208 e. The molecule has 0 radical (unpaired) electrons. The van der Waals surface area contributed by atoms with Gasteiger partial charge < -0.3 is 0 Å². The van der Waals surface area contributed by atoms with Crippen molar-refractivity contribution in [1.29, 1.82) is 0 Å². The molecule has 0 unspecified atom stereocenters. The molecule has 0 aliphatic carbocycles. The Morgan fingerprint density at radius 3 is 2.00 bits per heavy atom. The number of alkyl halides is 2. The lowest BCUT2D eigenvalue weighted by Gasteiger charge is -2.06. The molecule has 1 rings (SSSR count). The van der Waals surface area contributed by atoms with Crippen LogP contribution in [0.15, 0.2) is 0 Å². The molecule has 74 valence electrons. The molecule has 0 aromatic carbocycles. The van der Waals surface area contributed by atoms with Crippen LogP contribution in [-0.4, -0.2) is 9.78 Å². The van der Waals surface area contributed by atoms with Crippen LogP contribution < -0.4 is 0 Å². The summed E-state index contributed by atoms with van der Waals surface area (Å²) < 4.78 is 25.6. The molecule has 13 heavy (non-hydrogen) atoms. The number of hydrogen-bond acceptors (Lipinski definition) is 1. The van der Waals surface area contributed by atoms with Crippen LogP contribution in [0.5, 0.6) is 0 Å². The first-order valence-electron chi connectivity index (χ1n) is 4.29. The van der Waals surface area contributed by atoms with Crippen molar-refractivity contribution < 1.29 is 8.78 Å². The summed E-state index contributed by atoms with van der Waals surface area (Å²) in [5, 5.41) is 3.80. The Morgan fingerprint density at radius 1 is 1.23 bits per heavy atom. The van der Waals surface area contributed by atoms with Gasteiger partial charge in [-0.1, -0.05) is 13.8 Å². The van der Waals surface area contributed by atoms with E-state index in [9.17, 15) is 8.78 Å². The van der Waals surface area contributed by atoms with Gasteiger partial charge in [0.15, 0.2) is 0 Å². The maximum absolute atomic E-state index is 12.4. The first-order valence-corrected chi connectivity index (χ1v) is 4.29. The molecule has 0 spiro atoms. The minimum absolute atomic E-state index is 0.243. The number of hydrogen-bond donors (Lipinski definition) is 0. The predicted octanol–water partition coefficient (Wildman–Crippen LogP) is 3.02. The molecule has 0 aliphatic heterocycles. The molecule has 0 atom stereocenters. The molecule has 0 aliphatic rings. The van der Waals surface area contributed by atoms with Crippen LogP contribution in [0.3, 0.4) is 0 Å². The lowest BCUT2D eigenvalue weighted by Crippen LogP contribution is -2.03. The molecule has 1 aromatic rings. The lowest BCUT2D eigenvalue weighted by molar-refractivity contribution is 0.0540. The Bertz CT molecular complexity index is 303. The Morgan fingerprint density at radius 2 is 1.77 bits per heavy atom. The van der Waals surface area contributed by atoms with Crippen molar-refractivity contribution >= 4 is 0 Å². The van der Waals surface area contributed by atoms with Gasteiger partial charge in [0.25, 0.3) is 0 Å². The molecule has 0 saturated heterocycles. The highest BCUT2D eigenvalue weighted by Crippen LogP contribution is 2.25. The third-order valence-corrected chi connectivity index (χ3v) is 2.14. The van der Waals surface area contributed by atoms with Crippen molar-refractivity contribution in [3.63, 3.8) is 0 Å². The zero-order chi connectivity index (χ0) is 10.2. The van der Waals surface area contributed by atoms with Gasteiger partial charge in [-0.2, -0.15) is 13.9 Å². The third-order valence-electron chi connectivity index (χ3n) is 2.14. The summed E-state index contributed by atoms with van der Waals surface area (Å²) in [4.78, 5) is 0. The van der Waals surface area contributed by atoms with E-state index in [1.165, 1.54) is 0 Å². The van der Waals surface area contributed by atoms with E-state index >= 15 is 0 Å². The number of nitrogens with zero attached hydrogens (tertiary/aromatic N) is 2. The molecule has 0 N–H and O–H groups in total. The summed E-state index contributed by atoms with van der Waals surface area (Å²) in [6.45, 7) is 4.87. The zero-order valence-corrected chi connectivity index (χ0v) is 8.31. The fourth-order valence-corrected chi connectivity index (χ4v) is 1.70. The van der Waals surface area contributed by atoms with Crippen LogP contribution >= 0.6 is 0 Å². The normalized spacial score (nSPS) is 11.7. The summed E-state index contributed by atoms with van der Waals surface area (Å²) in [5.74, 6) is 0.243. The van der Waals surface area contributed by atoms with Gasteiger partial charge in [0, 0.05) is 5.69 Å². The Hall–Kier alpha value is -0.930. The SMILES string of the molecule is Cc1nn(C(F)F)c(C)c1C(C)C. The summed E-state index contributed by atoms with van der Waals surface area (Å²) in [6, 6.07) is 0. The van der Waals surface area contributed by atoms with Crippen molar-refractivity contribution in [2.45, 2.75) is 40.2 Å². The van der Waals surface area contributed by atoms with E-state index in [2.05, 4.69) is 5.10 Å². The molecular weight excluding hydrogens is 174 g/mol. The van der Waals surface area contributed by atoms with Gasteiger partial charge in [-0.05, 0) is 25.3 Å². The topological polar surface area (TPSA) is 17.8 Å². The molecule has 4 heteroatoms. The molecule has 2 nitrogen and oxygen atoms in total. The highest BCUT2D eigenvalue weighted by atomic mass is 19.3. The van der Waals surface area contributed by atoms with Crippen molar-refractivity contribution in [3.8, 4) is 0 Å². The number of aryl methyl sites for hydroxylation is 1. The lowest BCUT2D eigenvalue weighted by atomic mass is 10.0. The quantitative estimate of drug-likeness (QED) is 0.697. The summed E-state index contributed by atoms with van der Waals surface area (Å²) >= 11 is 0. The van der Waals surface area contributed by atoms with Crippen LogP contribution in [0.2, 0.25) is 0 Å². The van der Waals surface area contributed by atoms with Crippen LogP contribution in [0, 0.1) is 13.8 Å². The van der Waals surface area contributed by atoms with Crippen LogP contribution in [-0.2, 0) is 0 Å². The van der Waals surface area contributed by atoms with Crippen LogP contribution in [0.4, 0.5) is 8.78 Å². The second-order valence-corrected chi connectivity index (χ2v) is 3.46. The second-order valence-electron chi connectivity index (χ2n) is 3.46. The molecule has 1 heterocycles. The smallest absolute Gasteiger partial charge is 0.208 e. The Kier molecular flexibility index (Phi) is 2.68. The first kappa shape index (κ1) is 10.2. The average molecular weight is 188 g/mol. The minimum atomic E-state index is -2.54. The van der Waals surface area contributed by atoms with E-state index in [4.69, 9.17) is 0 Å². The van der Waals surface area contributed by atoms with Gasteiger partial charge >= 0.3 is 6.55 Å². The number of rotatable bonds is 2. The van der Waals surface area contributed by atoms with Gasteiger partial charge in [-0.25, -0.2) is 4.68 Å². The van der Waals surface area contributed by atoms with Crippen molar-refractivity contribution in [3.05, 3.63) is 17.0 Å². The maximum atomic E-state index is 12.4. The van der Waals surface area contributed by atoms with Gasteiger partial charge in [0.1, 0.15) is 0 Å². The molecule has 0 fully saturated rings. The van der Waals surface area contributed by atoms with E-state index in [-0.39, 0.29) is 5.92 Å². The van der Waals surface area contributed by atoms with Crippen molar-refractivity contribution in [2.24, 2.45) is 0 Å². The molecule has 1 aromatic heterocycles. The van der Waals surface area contributed by atoms with Gasteiger partial charge in [-0.15, -0.1) is 0 Å². The van der Waals surface area contributed by atoms with Crippen molar-refractivity contribution in [1.82, 2.24) is 9.78 Å². The summed E-state index contributed by atoms with van der Waals surface area (Å²) in [7, 11) is 0. The highest BCUT2D eigenvalue weighted by molar-refractivity contribution is 5.27. The van der Waals surface area contributed by atoms with Gasteiger partial charge in [-0.3, -0.25) is 0 Å². The third kappa shape index (κ3) is 1.71. The fourth-order valence-electron chi connectivity index (χ4n) is 1.70.